The Kier molecular flexibility index (Phi) is 13.2. The van der Waals surface area contributed by atoms with Gasteiger partial charge in [0.05, 0.1) is 0 Å². The molecule has 3 heterocycles. The van der Waals surface area contributed by atoms with Crippen LogP contribution < -0.4 is 31.1 Å². The van der Waals surface area contributed by atoms with Gasteiger partial charge in [-0.15, -0.1) is 0 Å². The number of rotatable bonds is 8. The molecule has 0 aliphatic carbocycles. The largest absolute Gasteiger partial charge is 0.455 e. The number of benzene rings is 11. The van der Waals surface area contributed by atoms with E-state index in [4.69, 9.17) is 4.42 Å². The lowest BCUT2D eigenvalue weighted by Crippen LogP contribution is -2.61. The minimum Gasteiger partial charge on any atom is -0.455 e. The van der Waals surface area contributed by atoms with Gasteiger partial charge >= 0.3 is 0 Å². The summed E-state index contributed by atoms with van der Waals surface area (Å²) in [5.41, 5.74) is 31.7. The first-order chi connectivity index (χ1) is 41.7. The van der Waals surface area contributed by atoms with Crippen molar-refractivity contribution >= 4 is 96.2 Å². The van der Waals surface area contributed by atoms with E-state index >= 15 is 0 Å². The second kappa shape index (κ2) is 20.7. The Morgan fingerprint density at radius 1 is 0.356 bits per heavy atom. The summed E-state index contributed by atoms with van der Waals surface area (Å²) in [6.45, 7) is 29.9. The first-order valence-corrected chi connectivity index (χ1v) is 31.0. The Balaban J connectivity index is 1.06. The highest BCUT2D eigenvalue weighted by Gasteiger charge is 2.45. The van der Waals surface area contributed by atoms with Crippen LogP contribution in [0.15, 0.2) is 229 Å². The molecule has 1 aromatic heterocycles. The van der Waals surface area contributed by atoms with Crippen LogP contribution in [0.2, 0.25) is 0 Å². The molecular formula is C82H76BN3O. The molecule has 0 unspecified atom stereocenters. The topological polar surface area (TPSA) is 22.9 Å². The Hall–Kier alpha value is -9.32. The van der Waals surface area contributed by atoms with Crippen molar-refractivity contribution in [2.75, 3.05) is 14.7 Å². The van der Waals surface area contributed by atoms with Crippen molar-refractivity contribution in [2.45, 2.75) is 106 Å². The fraction of sp³-hybridized carbons (Fsp3) is 0.195. The Bertz CT molecular complexity index is 4560. The zero-order chi connectivity index (χ0) is 60.4. The third-order valence-electron chi connectivity index (χ3n) is 18.6. The van der Waals surface area contributed by atoms with Crippen LogP contribution in [-0.2, 0) is 16.2 Å². The maximum absolute atomic E-state index is 6.77. The lowest BCUT2D eigenvalue weighted by Gasteiger charge is -2.45. The van der Waals surface area contributed by atoms with Crippen molar-refractivity contribution in [1.82, 2.24) is 0 Å². The van der Waals surface area contributed by atoms with Crippen molar-refractivity contribution in [3.8, 4) is 33.4 Å². The van der Waals surface area contributed by atoms with E-state index in [1.54, 1.807) is 0 Å². The van der Waals surface area contributed by atoms with Crippen LogP contribution in [0.1, 0.15) is 101 Å². The number of anilines is 9. The van der Waals surface area contributed by atoms with Crippen LogP contribution in [0.3, 0.4) is 0 Å². The summed E-state index contributed by atoms with van der Waals surface area (Å²) in [7, 11) is 0. The Labute approximate surface area is 515 Å². The minimum absolute atomic E-state index is 0.00208. The summed E-state index contributed by atoms with van der Waals surface area (Å²) in [6.07, 6.45) is 0. The van der Waals surface area contributed by atoms with E-state index in [2.05, 4.69) is 329 Å². The van der Waals surface area contributed by atoms with Crippen LogP contribution in [-0.4, -0.2) is 6.71 Å². The molecule has 12 aromatic rings. The average molecular weight is 1130 g/mol. The first kappa shape index (κ1) is 55.6. The number of fused-ring (bicyclic) bond motifs is 7. The maximum atomic E-state index is 6.77. The van der Waals surface area contributed by atoms with Gasteiger partial charge in [-0.2, -0.15) is 0 Å². The van der Waals surface area contributed by atoms with Gasteiger partial charge in [0, 0.05) is 67.5 Å². The van der Waals surface area contributed by atoms with Gasteiger partial charge < -0.3 is 19.1 Å². The molecule has 0 bridgehead atoms. The fourth-order valence-corrected chi connectivity index (χ4v) is 14.2. The van der Waals surface area contributed by atoms with E-state index in [0.717, 1.165) is 61.6 Å². The first-order valence-electron chi connectivity index (χ1n) is 31.0. The molecule has 0 spiro atoms. The normalized spacial score (nSPS) is 13.0. The highest BCUT2D eigenvalue weighted by Crippen LogP contribution is 2.50. The molecule has 5 heteroatoms. The molecular weight excluding hydrogens is 1050 g/mol. The summed E-state index contributed by atoms with van der Waals surface area (Å²) < 4.78 is 6.77. The monoisotopic (exact) mass is 1130 g/mol. The van der Waals surface area contributed by atoms with Gasteiger partial charge in [-0.25, -0.2) is 0 Å². The molecule has 14 rings (SSSR count). The molecule has 0 fully saturated rings. The quantitative estimate of drug-likeness (QED) is 0.141. The van der Waals surface area contributed by atoms with Gasteiger partial charge in [0.1, 0.15) is 11.2 Å². The van der Waals surface area contributed by atoms with E-state index < -0.39 is 0 Å². The second-order valence-corrected chi connectivity index (χ2v) is 27.6. The number of aryl methyl sites for hydroxylation is 4. The lowest BCUT2D eigenvalue weighted by molar-refractivity contribution is 0.590. The summed E-state index contributed by atoms with van der Waals surface area (Å²) in [5.74, 6) is 0. The predicted octanol–water partition coefficient (Wildman–Crippen LogP) is 21.3. The average Bonchev–Trinajstić information content (AvgIpc) is 1.25. The van der Waals surface area contributed by atoms with Crippen molar-refractivity contribution < 1.29 is 4.42 Å². The van der Waals surface area contributed by atoms with Crippen molar-refractivity contribution in [1.29, 1.82) is 0 Å². The molecule has 428 valence electrons. The van der Waals surface area contributed by atoms with Crippen molar-refractivity contribution in [2.24, 2.45) is 0 Å². The van der Waals surface area contributed by atoms with E-state index in [9.17, 15) is 0 Å². The number of furan rings is 1. The standard InChI is InChI=1S/C82H76BN3O/c1-51-43-64(44-52(2)76(51)56-25-18-15-19-26-56)85-71-42-31-57(55-23-16-14-17-24-55)47-70(71)83-69-41-40-63(84(61-36-32-58(33-37-61)80(5,6)7)62-38-34-59(35-39-62)81(8,9)10)50-72(69)86(74-49-60(82(11,12)13)48-73(85)78(74)83)65-45-53(3)77(54(4)46-65)68-29-22-28-67-66-27-20-21-30-75(66)87-79(67)68/h14-50H,1-13H3. The SMILES string of the molecule is Cc1cc(N2c3ccc(-c4ccccc4)cc3B3c4ccc(N(c5ccc(C(C)(C)C)cc5)c5ccc(C(C)(C)C)cc5)cc4N(c4cc(C)c(-c5cccc6c5oc5ccccc56)c(C)c4)c4cc(C(C)(C)C)cc2c43)cc(C)c1-c1ccccc1. The minimum atomic E-state index is -0.211. The molecule has 2 aliphatic rings. The Morgan fingerprint density at radius 3 is 1.41 bits per heavy atom. The van der Waals surface area contributed by atoms with Gasteiger partial charge in [0.2, 0.25) is 0 Å². The predicted molar refractivity (Wildman–Crippen MR) is 374 cm³/mol. The molecule has 0 atom stereocenters. The van der Waals surface area contributed by atoms with Crippen LogP contribution >= 0.6 is 0 Å². The number of hydrogen-bond donors (Lipinski definition) is 0. The van der Waals surface area contributed by atoms with Crippen molar-refractivity contribution in [3.63, 3.8) is 0 Å². The van der Waals surface area contributed by atoms with E-state index in [1.165, 1.54) is 100 Å². The highest BCUT2D eigenvalue weighted by molar-refractivity contribution is 7.00. The molecule has 2 aliphatic heterocycles. The molecule has 4 nitrogen and oxygen atoms in total. The molecule has 0 amide bonds. The lowest BCUT2D eigenvalue weighted by atomic mass is 9.33. The van der Waals surface area contributed by atoms with Gasteiger partial charge in [0.25, 0.3) is 6.71 Å². The van der Waals surface area contributed by atoms with E-state index in [-0.39, 0.29) is 23.0 Å². The molecule has 0 N–H and O–H groups in total. The van der Waals surface area contributed by atoms with Crippen LogP contribution in [0.4, 0.5) is 51.2 Å². The Morgan fingerprint density at radius 2 is 0.851 bits per heavy atom. The zero-order valence-corrected chi connectivity index (χ0v) is 52.7. The molecule has 11 aromatic carbocycles. The number of hydrogen-bond acceptors (Lipinski definition) is 4. The van der Waals surface area contributed by atoms with E-state index in [0.29, 0.717) is 0 Å². The number of nitrogens with zero attached hydrogens (tertiary/aromatic N) is 3. The summed E-state index contributed by atoms with van der Waals surface area (Å²) in [6, 6.07) is 84.7. The maximum Gasteiger partial charge on any atom is 0.252 e. The highest BCUT2D eigenvalue weighted by atomic mass is 16.3. The third kappa shape index (κ3) is 9.55. The summed E-state index contributed by atoms with van der Waals surface area (Å²) in [4.78, 5) is 7.68. The van der Waals surface area contributed by atoms with Crippen LogP contribution in [0.5, 0.6) is 0 Å². The van der Waals surface area contributed by atoms with Crippen molar-refractivity contribution in [3.05, 3.63) is 263 Å². The molecule has 0 saturated heterocycles. The van der Waals surface area contributed by atoms with Gasteiger partial charge in [-0.3, -0.25) is 0 Å². The summed E-state index contributed by atoms with van der Waals surface area (Å²) in [5, 5.41) is 2.26. The van der Waals surface area contributed by atoms with Gasteiger partial charge in [0.15, 0.2) is 0 Å². The second-order valence-electron chi connectivity index (χ2n) is 27.6. The zero-order valence-electron chi connectivity index (χ0n) is 52.7. The third-order valence-corrected chi connectivity index (χ3v) is 18.6. The van der Waals surface area contributed by atoms with Crippen LogP contribution in [0, 0.1) is 27.7 Å². The fourth-order valence-electron chi connectivity index (χ4n) is 14.2. The molecule has 0 radical (unpaired) electrons. The van der Waals surface area contributed by atoms with Gasteiger partial charge in [-0.1, -0.05) is 202 Å². The summed E-state index contributed by atoms with van der Waals surface area (Å²) >= 11 is 0. The molecule has 0 saturated carbocycles. The molecule has 87 heavy (non-hydrogen) atoms. The smallest absolute Gasteiger partial charge is 0.252 e. The van der Waals surface area contributed by atoms with Gasteiger partial charge in [-0.05, 0) is 212 Å². The van der Waals surface area contributed by atoms with E-state index in [1.807, 2.05) is 0 Å². The van der Waals surface area contributed by atoms with Crippen LogP contribution in [0.25, 0.3) is 55.3 Å². The number of para-hydroxylation sites is 2.